The van der Waals surface area contributed by atoms with Gasteiger partial charge in [-0.1, -0.05) is 373 Å². The van der Waals surface area contributed by atoms with Crippen LogP contribution in [0, 0.1) is 69.2 Å². The zero-order chi connectivity index (χ0) is 98.1. The van der Waals surface area contributed by atoms with Gasteiger partial charge in [-0.2, -0.15) is 0 Å². The highest BCUT2D eigenvalue weighted by Crippen LogP contribution is 2.63. The highest BCUT2D eigenvalue weighted by molar-refractivity contribution is 6.13. The van der Waals surface area contributed by atoms with E-state index in [0.29, 0.717) is 0 Å². The molecule has 8 heteroatoms. The van der Waals surface area contributed by atoms with E-state index in [1.54, 1.807) is 0 Å². The Bertz CT molecular complexity index is 8730. The lowest BCUT2D eigenvalue weighted by Gasteiger charge is -2.30. The number of nitrogens with zero attached hydrogens (tertiary/aromatic N) is 7. The maximum Gasteiger partial charge on any atom is 0.160 e. The van der Waals surface area contributed by atoms with Crippen molar-refractivity contribution in [2.24, 2.45) is 0 Å². The van der Waals surface area contributed by atoms with E-state index >= 15 is 0 Å². The number of hydrogen-bond acceptors (Lipinski definition) is 5. The molecule has 144 heavy (non-hydrogen) atoms. The van der Waals surface area contributed by atoms with Gasteiger partial charge in [0.05, 0.1) is 55.6 Å². The summed E-state index contributed by atoms with van der Waals surface area (Å²) in [6.45, 7) is 21.3. The monoisotopic (exact) mass is 1860 g/mol. The number of imidazole rings is 1. The zero-order valence-corrected chi connectivity index (χ0v) is 82.6. The van der Waals surface area contributed by atoms with Crippen molar-refractivity contribution in [2.75, 3.05) is 4.90 Å². The molecule has 0 N–H and O–H groups in total. The average Bonchev–Trinajstić information content (AvgIpc) is 1.50. The number of benzene rings is 20. The van der Waals surface area contributed by atoms with Crippen LogP contribution in [0.4, 0.5) is 17.1 Å². The molecule has 5 heterocycles. The Morgan fingerprint density at radius 2 is 0.660 bits per heavy atom. The van der Waals surface area contributed by atoms with Gasteiger partial charge in [0.2, 0.25) is 0 Å². The van der Waals surface area contributed by atoms with E-state index in [0.717, 1.165) is 79.2 Å². The number of ether oxygens (including phenoxy) is 1. The maximum atomic E-state index is 6.25. The molecule has 0 saturated heterocycles. The Labute approximate surface area is 843 Å². The Morgan fingerprint density at radius 1 is 0.236 bits per heavy atom. The van der Waals surface area contributed by atoms with E-state index in [4.69, 9.17) is 19.7 Å². The second kappa shape index (κ2) is 39.4. The lowest BCUT2D eigenvalue weighted by atomic mass is 9.70. The van der Waals surface area contributed by atoms with Gasteiger partial charge in [0, 0.05) is 72.2 Å². The Kier molecular flexibility index (Phi) is 25.0. The summed E-state index contributed by atoms with van der Waals surface area (Å²) in [6.07, 6.45) is 0. The van der Waals surface area contributed by atoms with Crippen LogP contribution < -0.4 is 9.64 Å². The maximum absolute atomic E-state index is 6.25. The summed E-state index contributed by atoms with van der Waals surface area (Å²) in [5.74, 6) is 3.62. The van der Waals surface area contributed by atoms with Gasteiger partial charge in [0.1, 0.15) is 5.82 Å². The predicted octanol–water partition coefficient (Wildman–Crippen LogP) is 35.8. The fourth-order valence-electron chi connectivity index (χ4n) is 21.1. The number of fused-ring (bicyclic) bond motifs is 19. The van der Waals surface area contributed by atoms with Crippen molar-refractivity contribution in [3.8, 4) is 107 Å². The van der Waals surface area contributed by atoms with Crippen LogP contribution >= 0.6 is 0 Å². The Morgan fingerprint density at radius 3 is 1.28 bits per heavy atom. The van der Waals surface area contributed by atoms with Gasteiger partial charge in [-0.05, 0) is 287 Å². The quantitative estimate of drug-likeness (QED) is 0.136. The van der Waals surface area contributed by atoms with Crippen LogP contribution in [0.1, 0.15) is 77.9 Å². The van der Waals surface area contributed by atoms with E-state index in [1.165, 1.54) is 178 Å². The third-order valence-electron chi connectivity index (χ3n) is 27.8. The van der Waals surface area contributed by atoms with Gasteiger partial charge in [-0.25, -0.2) is 15.0 Å². The summed E-state index contributed by atoms with van der Waals surface area (Å²) in [7, 11) is 0. The van der Waals surface area contributed by atoms with Crippen molar-refractivity contribution in [1.82, 2.24) is 28.7 Å². The predicted molar refractivity (Wildman–Crippen MR) is 603 cm³/mol. The minimum atomic E-state index is -0.189. The molecule has 1 spiro atoms. The zero-order valence-electron chi connectivity index (χ0n) is 82.6. The second-order valence-electron chi connectivity index (χ2n) is 38.1. The minimum Gasteiger partial charge on any atom is -0.453 e. The number of hydrogen-bond donors (Lipinski definition) is 0. The molecule has 1 aliphatic heterocycles. The Balaban J connectivity index is 0.0000000988. The van der Waals surface area contributed by atoms with Crippen LogP contribution in [0.5, 0.6) is 11.5 Å². The number of aromatic nitrogens is 6. The van der Waals surface area contributed by atoms with Crippen LogP contribution in [0.3, 0.4) is 0 Å². The van der Waals surface area contributed by atoms with Crippen LogP contribution in [0.15, 0.2) is 479 Å². The summed E-state index contributed by atoms with van der Waals surface area (Å²) in [6, 6.07) is 170. The van der Waals surface area contributed by atoms with E-state index in [9.17, 15) is 0 Å². The Hall–Kier alpha value is -17.9. The first kappa shape index (κ1) is 91.2. The molecule has 2 aliphatic carbocycles. The van der Waals surface area contributed by atoms with Crippen LogP contribution in [-0.2, 0) is 5.41 Å². The molecule has 24 aromatic rings. The average molecular weight is 1860 g/mol. The topological polar surface area (TPSA) is 65.9 Å². The number of rotatable bonds is 10. The minimum absolute atomic E-state index is 0.189. The first-order valence-electron chi connectivity index (χ1n) is 49.6. The fraction of sp³-hybridized carbons (Fsp3) is 0.0809. The van der Waals surface area contributed by atoms with Gasteiger partial charge < -0.3 is 18.8 Å². The molecule has 694 valence electrons. The summed E-state index contributed by atoms with van der Waals surface area (Å²) < 4.78 is 13.2. The lowest BCUT2D eigenvalue weighted by Crippen LogP contribution is -2.25. The number of para-hydroxylation sites is 5. The molecule has 4 aromatic heterocycles. The SMILES string of the molecule is Cc1ccc(-c2nc3ccccc3n2-c2ccccc2)cc1.Cc1ccc(N(c2ccc(C)cc2)c2cccc(C)c2)cc1.Cc1ccc2c(c1)Oc1cc(C)cc3c4cc(C)ccc4n-2c13.Cc1cccc(-c2ccc3c(c2)c2ccccc2n3-c2ccccc2)c1.Cc1cccc(-c2nc(-c3ccccc3)cc(-c3ccccc3)n2)c1.Cc1cccc2c1-c1ccccc1C21c2ccccc2-c2ccccc21. The van der Waals surface area contributed by atoms with Crippen LogP contribution in [-0.4, -0.2) is 28.7 Å². The largest absolute Gasteiger partial charge is 0.453 e. The first-order chi connectivity index (χ1) is 70.5. The smallest absolute Gasteiger partial charge is 0.160 e. The van der Waals surface area contributed by atoms with E-state index in [1.807, 2.05) is 54.6 Å². The third kappa shape index (κ3) is 17.7. The highest BCUT2D eigenvalue weighted by Gasteiger charge is 2.52. The van der Waals surface area contributed by atoms with Crippen molar-refractivity contribution >= 4 is 71.7 Å². The number of aryl methyl sites for hydroxylation is 10. The fourth-order valence-corrected chi connectivity index (χ4v) is 21.1. The molecular formula is C136H109N7O. The van der Waals surface area contributed by atoms with Gasteiger partial charge in [-0.15, -0.1) is 0 Å². The van der Waals surface area contributed by atoms with Gasteiger partial charge in [0.25, 0.3) is 0 Å². The van der Waals surface area contributed by atoms with Crippen molar-refractivity contribution in [2.45, 2.75) is 74.7 Å². The van der Waals surface area contributed by atoms with Crippen molar-refractivity contribution < 1.29 is 4.74 Å². The summed E-state index contributed by atoms with van der Waals surface area (Å²) in [5.41, 5.74) is 46.4. The molecule has 0 saturated carbocycles. The normalized spacial score (nSPS) is 11.8. The van der Waals surface area contributed by atoms with Gasteiger partial charge in [0.15, 0.2) is 17.3 Å². The summed E-state index contributed by atoms with van der Waals surface area (Å²) >= 11 is 0. The molecule has 0 atom stereocenters. The first-order valence-corrected chi connectivity index (χ1v) is 49.6. The van der Waals surface area contributed by atoms with Crippen molar-refractivity contribution in [3.63, 3.8) is 0 Å². The molecule has 27 rings (SSSR count). The molecule has 0 amide bonds. The lowest BCUT2D eigenvalue weighted by molar-refractivity contribution is 0.475. The molecule has 8 nitrogen and oxygen atoms in total. The summed E-state index contributed by atoms with van der Waals surface area (Å²) in [4.78, 5) is 16.8. The highest BCUT2D eigenvalue weighted by atomic mass is 16.5. The van der Waals surface area contributed by atoms with Gasteiger partial charge >= 0.3 is 0 Å². The van der Waals surface area contributed by atoms with Crippen molar-refractivity contribution in [3.05, 3.63) is 557 Å². The van der Waals surface area contributed by atoms with Crippen molar-refractivity contribution in [1.29, 1.82) is 0 Å². The van der Waals surface area contributed by atoms with Crippen LogP contribution in [0.2, 0.25) is 0 Å². The second-order valence-corrected chi connectivity index (χ2v) is 38.1. The molecule has 0 radical (unpaired) electrons. The van der Waals surface area contributed by atoms with E-state index in [-0.39, 0.29) is 5.41 Å². The van der Waals surface area contributed by atoms with E-state index in [2.05, 4.69) is 512 Å². The molecule has 0 bridgehead atoms. The molecule has 0 fully saturated rings. The number of anilines is 3. The van der Waals surface area contributed by atoms with Gasteiger partial charge in [-0.3, -0.25) is 4.57 Å². The molecular weight excluding hydrogens is 1750 g/mol. The molecule has 0 unspecified atom stereocenters. The molecule has 3 aliphatic rings. The van der Waals surface area contributed by atoms with Crippen LogP contribution in [0.25, 0.3) is 150 Å². The standard InChI is InChI=1S/C26H18.C25H19N.C23H18N2.C21H17NO.C21H21N.C20H16N2/c1-17-9-8-16-24-25(17)20-12-4-7-15-23(20)26(24)21-13-5-2-10-18(21)19-11-3-6-14-22(19)26;1-18-8-7-9-19(16-18)20-14-15-25-23(17-20)22-12-5-6-13-24(22)26(25)21-10-3-2-4-11-21;1-17-9-8-14-20(15-17)23-24-21(18-10-4-2-5-11-18)16-22(25-23)19-12-6-3-7-13-19;1-12-4-6-17-15(8-12)16-9-14(3)11-20-21(16)22(17)18-7-5-13(2)10-19(18)23-20;1-16-7-11-19(12-8-16)22(20-13-9-17(2)10-14-20)21-6-4-5-18(3)15-21;1-15-11-13-16(14-12-15)20-21-18-9-5-6-10-19(18)22(20)17-7-3-2-4-8-17/h2-16H,1H3;2-17H,1H3;2-16H,1H3;4-11H,1-3H3;4-15H,1-3H3;2-14H,1H3. The third-order valence-corrected chi connectivity index (χ3v) is 27.8. The molecule has 20 aromatic carbocycles. The van der Waals surface area contributed by atoms with E-state index < -0.39 is 0 Å². The summed E-state index contributed by atoms with van der Waals surface area (Å²) in [5, 5.41) is 5.15.